The SMILES string of the molecule is O=C(N[C@@H](Nc1ccc(C(F)(F)F)c(Cl)c1)C(Cl)(Cl)Cl)c1cccnc1. The van der Waals surface area contributed by atoms with Gasteiger partial charge in [-0.15, -0.1) is 0 Å². The Morgan fingerprint density at radius 1 is 1.15 bits per heavy atom. The molecule has 0 aliphatic rings. The monoisotopic (exact) mass is 445 g/mol. The molecule has 0 spiro atoms. The lowest BCUT2D eigenvalue weighted by Crippen LogP contribution is -2.49. The Labute approximate surface area is 166 Å². The first-order valence-electron chi connectivity index (χ1n) is 6.89. The molecule has 2 aromatic rings. The van der Waals surface area contributed by atoms with Gasteiger partial charge in [0.2, 0.25) is 3.79 Å². The molecule has 0 fully saturated rings. The Kier molecular flexibility index (Phi) is 6.50. The number of pyridine rings is 1. The van der Waals surface area contributed by atoms with Crippen molar-refractivity contribution in [1.82, 2.24) is 10.3 Å². The second-order valence-corrected chi connectivity index (χ2v) is 7.80. The van der Waals surface area contributed by atoms with Crippen LogP contribution in [0.4, 0.5) is 18.9 Å². The van der Waals surface area contributed by atoms with Gasteiger partial charge in [0, 0.05) is 18.1 Å². The van der Waals surface area contributed by atoms with Crippen molar-refractivity contribution in [1.29, 1.82) is 0 Å². The topological polar surface area (TPSA) is 54.0 Å². The minimum atomic E-state index is -4.60. The number of carbonyl (C=O) groups is 1. The maximum atomic E-state index is 12.8. The molecule has 0 aliphatic heterocycles. The van der Waals surface area contributed by atoms with E-state index < -0.39 is 32.6 Å². The number of carbonyl (C=O) groups excluding carboxylic acids is 1. The predicted octanol–water partition coefficient (Wildman–Crippen LogP) is 5.29. The van der Waals surface area contributed by atoms with E-state index in [0.29, 0.717) is 0 Å². The lowest BCUT2D eigenvalue weighted by Gasteiger charge is -2.27. The van der Waals surface area contributed by atoms with Crippen LogP contribution in [0, 0.1) is 0 Å². The number of nitrogens with zero attached hydrogens (tertiary/aromatic N) is 1. The molecule has 11 heteroatoms. The molecule has 2 rings (SSSR count). The van der Waals surface area contributed by atoms with Gasteiger partial charge in [-0.3, -0.25) is 9.78 Å². The van der Waals surface area contributed by atoms with Crippen LogP contribution in [0.1, 0.15) is 15.9 Å². The Hall–Kier alpha value is -1.41. The molecule has 0 saturated carbocycles. The minimum Gasteiger partial charge on any atom is -0.362 e. The number of aromatic nitrogens is 1. The van der Waals surface area contributed by atoms with Crippen LogP contribution in [-0.4, -0.2) is 20.8 Å². The number of alkyl halides is 6. The first kappa shape index (κ1) is 20.9. The van der Waals surface area contributed by atoms with E-state index in [1.165, 1.54) is 18.5 Å². The number of hydrogen-bond acceptors (Lipinski definition) is 3. The average Bonchev–Trinajstić information content (AvgIpc) is 2.53. The average molecular weight is 447 g/mol. The summed E-state index contributed by atoms with van der Waals surface area (Å²) in [5.41, 5.74) is -0.681. The molecular weight excluding hydrogens is 437 g/mol. The van der Waals surface area contributed by atoms with Gasteiger partial charge in [0.15, 0.2) is 0 Å². The molecule has 26 heavy (non-hydrogen) atoms. The lowest BCUT2D eigenvalue weighted by atomic mass is 10.2. The molecule has 0 unspecified atom stereocenters. The van der Waals surface area contributed by atoms with Gasteiger partial charge in [0.25, 0.3) is 5.91 Å². The fourth-order valence-electron chi connectivity index (χ4n) is 1.91. The van der Waals surface area contributed by atoms with Gasteiger partial charge >= 0.3 is 6.18 Å². The van der Waals surface area contributed by atoms with Crippen LogP contribution in [0.15, 0.2) is 42.7 Å². The van der Waals surface area contributed by atoms with Crippen molar-refractivity contribution in [3.63, 3.8) is 0 Å². The summed E-state index contributed by atoms with van der Waals surface area (Å²) >= 11 is 23.2. The number of anilines is 1. The Bertz CT molecular complexity index is 782. The lowest BCUT2D eigenvalue weighted by molar-refractivity contribution is -0.137. The molecule has 1 amide bonds. The molecular formula is C15H10Cl4F3N3O. The van der Waals surface area contributed by atoms with Gasteiger partial charge in [-0.2, -0.15) is 13.2 Å². The van der Waals surface area contributed by atoms with Crippen LogP contribution in [0.3, 0.4) is 0 Å². The van der Waals surface area contributed by atoms with Crippen LogP contribution >= 0.6 is 46.4 Å². The van der Waals surface area contributed by atoms with E-state index in [2.05, 4.69) is 15.6 Å². The number of nitrogens with one attached hydrogen (secondary N) is 2. The smallest absolute Gasteiger partial charge is 0.362 e. The highest BCUT2D eigenvalue weighted by atomic mass is 35.6. The maximum Gasteiger partial charge on any atom is 0.417 e. The number of rotatable bonds is 4. The van der Waals surface area contributed by atoms with E-state index in [1.807, 2.05) is 0 Å². The van der Waals surface area contributed by atoms with Crippen LogP contribution in [0.25, 0.3) is 0 Å². The second-order valence-electron chi connectivity index (χ2n) is 5.03. The fourth-order valence-corrected chi connectivity index (χ4v) is 2.53. The standard InChI is InChI=1S/C15H10Cl4F3N3O/c16-11-6-9(3-4-10(11)15(20,21)22)24-13(14(17,18)19)25-12(26)8-2-1-5-23-7-8/h1-7,13,24H,(H,25,26)/t13-/m1/s1. The number of amides is 1. The van der Waals surface area contributed by atoms with Crippen molar-refractivity contribution in [2.24, 2.45) is 0 Å². The summed E-state index contributed by atoms with van der Waals surface area (Å²) in [5.74, 6) is -0.597. The molecule has 2 N–H and O–H groups in total. The summed E-state index contributed by atoms with van der Waals surface area (Å²) in [7, 11) is 0. The largest absolute Gasteiger partial charge is 0.417 e. The number of benzene rings is 1. The van der Waals surface area contributed by atoms with Crippen molar-refractivity contribution in [2.75, 3.05) is 5.32 Å². The first-order chi connectivity index (χ1) is 12.0. The van der Waals surface area contributed by atoms with Crippen molar-refractivity contribution in [3.05, 3.63) is 58.9 Å². The third-order valence-corrected chi connectivity index (χ3v) is 4.08. The zero-order valence-corrected chi connectivity index (χ0v) is 15.6. The number of halogens is 7. The Morgan fingerprint density at radius 2 is 1.85 bits per heavy atom. The van der Waals surface area contributed by atoms with Crippen molar-refractivity contribution in [3.8, 4) is 0 Å². The minimum absolute atomic E-state index is 0.116. The van der Waals surface area contributed by atoms with E-state index in [1.54, 1.807) is 6.07 Å². The Morgan fingerprint density at radius 3 is 2.35 bits per heavy atom. The van der Waals surface area contributed by atoms with Crippen LogP contribution in [0.2, 0.25) is 5.02 Å². The highest BCUT2D eigenvalue weighted by Crippen LogP contribution is 2.37. The van der Waals surface area contributed by atoms with E-state index in [4.69, 9.17) is 46.4 Å². The van der Waals surface area contributed by atoms with Crippen molar-refractivity contribution >= 4 is 58.0 Å². The fraction of sp³-hybridized carbons (Fsp3) is 0.200. The normalized spacial score (nSPS) is 13.2. The zero-order valence-electron chi connectivity index (χ0n) is 12.6. The number of hydrogen-bond donors (Lipinski definition) is 2. The van der Waals surface area contributed by atoms with Gasteiger partial charge in [0.05, 0.1) is 16.1 Å². The predicted molar refractivity (Wildman–Crippen MR) is 95.9 cm³/mol. The van der Waals surface area contributed by atoms with Crippen molar-refractivity contribution in [2.45, 2.75) is 16.1 Å². The van der Waals surface area contributed by atoms with Crippen LogP contribution in [-0.2, 0) is 6.18 Å². The molecule has 1 heterocycles. The summed E-state index contributed by atoms with van der Waals surface area (Å²) in [6.07, 6.45) is -3.07. The molecule has 0 radical (unpaired) electrons. The summed E-state index contributed by atoms with van der Waals surface area (Å²) in [5, 5.41) is 4.54. The van der Waals surface area contributed by atoms with Gasteiger partial charge in [-0.25, -0.2) is 0 Å². The molecule has 4 nitrogen and oxygen atoms in total. The molecule has 0 bridgehead atoms. The molecule has 0 saturated heterocycles. The van der Waals surface area contributed by atoms with Crippen LogP contribution < -0.4 is 10.6 Å². The van der Waals surface area contributed by atoms with Gasteiger partial charge < -0.3 is 10.6 Å². The summed E-state index contributed by atoms with van der Waals surface area (Å²) < 4.78 is 36.3. The maximum absolute atomic E-state index is 12.8. The molecule has 1 aromatic heterocycles. The Balaban J connectivity index is 2.21. The van der Waals surface area contributed by atoms with Gasteiger partial charge in [-0.05, 0) is 30.3 Å². The van der Waals surface area contributed by atoms with E-state index in [-0.39, 0.29) is 11.3 Å². The summed E-state index contributed by atoms with van der Waals surface area (Å²) in [6, 6.07) is 5.94. The summed E-state index contributed by atoms with van der Waals surface area (Å²) in [4.78, 5) is 16.0. The quantitative estimate of drug-likeness (QED) is 0.495. The molecule has 1 aromatic carbocycles. The zero-order chi connectivity index (χ0) is 19.5. The molecule has 0 aliphatic carbocycles. The van der Waals surface area contributed by atoms with Gasteiger partial charge in [0.1, 0.15) is 6.17 Å². The third kappa shape index (κ3) is 5.54. The van der Waals surface area contributed by atoms with Crippen LogP contribution in [0.5, 0.6) is 0 Å². The summed E-state index contributed by atoms with van der Waals surface area (Å²) in [6.45, 7) is 0. The van der Waals surface area contributed by atoms with Gasteiger partial charge in [-0.1, -0.05) is 46.4 Å². The third-order valence-electron chi connectivity index (χ3n) is 3.11. The highest BCUT2D eigenvalue weighted by molar-refractivity contribution is 6.68. The van der Waals surface area contributed by atoms with Crippen molar-refractivity contribution < 1.29 is 18.0 Å². The molecule has 140 valence electrons. The van der Waals surface area contributed by atoms with E-state index >= 15 is 0 Å². The van der Waals surface area contributed by atoms with E-state index in [0.717, 1.165) is 18.2 Å². The first-order valence-corrected chi connectivity index (χ1v) is 8.40. The highest BCUT2D eigenvalue weighted by Gasteiger charge is 2.36. The van der Waals surface area contributed by atoms with E-state index in [9.17, 15) is 18.0 Å². The molecule has 1 atom stereocenters. The second kappa shape index (κ2) is 8.08.